The van der Waals surface area contributed by atoms with E-state index in [0.29, 0.717) is 24.8 Å². The average Bonchev–Trinajstić information content (AvgIpc) is 2.35. The molecule has 0 radical (unpaired) electrons. The van der Waals surface area contributed by atoms with E-state index in [0.717, 1.165) is 25.7 Å². The molecular weight excluding hydrogens is 276 g/mol. The second-order valence-electron chi connectivity index (χ2n) is 6.49. The Labute approximate surface area is 124 Å². The Morgan fingerprint density at radius 1 is 1.30 bits per heavy atom. The highest BCUT2D eigenvalue weighted by atomic mass is 32.2. The fraction of sp³-hybridized carbons (Fsp3) is 0.929. The summed E-state index contributed by atoms with van der Waals surface area (Å²) in [5.41, 5.74) is 0. The highest BCUT2D eigenvalue weighted by Crippen LogP contribution is 2.23. The van der Waals surface area contributed by atoms with Crippen molar-refractivity contribution in [2.75, 3.05) is 18.8 Å². The topological polar surface area (TPSA) is 78.4 Å². The molecular formula is C14H28N2O3S. The first-order valence-corrected chi connectivity index (χ1v) is 8.69. The number of aliphatic hydroxyl groups is 1. The molecule has 1 saturated carbocycles. The summed E-state index contributed by atoms with van der Waals surface area (Å²) in [6.45, 7) is 6.81. The van der Waals surface area contributed by atoms with Crippen LogP contribution in [-0.2, 0) is 10.8 Å². The first-order chi connectivity index (χ1) is 9.29. The molecule has 118 valence electrons. The van der Waals surface area contributed by atoms with Crippen molar-refractivity contribution in [2.45, 2.75) is 57.3 Å². The van der Waals surface area contributed by atoms with Crippen molar-refractivity contribution in [3.63, 3.8) is 0 Å². The fourth-order valence-electron chi connectivity index (χ4n) is 2.31. The zero-order valence-electron chi connectivity index (χ0n) is 12.8. The molecule has 1 fully saturated rings. The van der Waals surface area contributed by atoms with Gasteiger partial charge in [0, 0.05) is 34.4 Å². The molecule has 20 heavy (non-hydrogen) atoms. The molecule has 6 heteroatoms. The number of carbonyl (C=O) groups is 1. The normalized spacial score (nSPS) is 25.0. The van der Waals surface area contributed by atoms with E-state index in [1.165, 1.54) is 0 Å². The van der Waals surface area contributed by atoms with Gasteiger partial charge in [-0.15, -0.1) is 0 Å². The van der Waals surface area contributed by atoms with Gasteiger partial charge in [-0.2, -0.15) is 0 Å². The van der Waals surface area contributed by atoms with E-state index in [2.05, 4.69) is 10.6 Å². The van der Waals surface area contributed by atoms with Crippen molar-refractivity contribution in [3.8, 4) is 0 Å². The highest BCUT2D eigenvalue weighted by Gasteiger charge is 2.21. The summed E-state index contributed by atoms with van der Waals surface area (Å²) in [5.74, 6) is 0.840. The molecule has 1 rings (SSSR count). The lowest BCUT2D eigenvalue weighted by Gasteiger charge is -2.25. The molecule has 5 nitrogen and oxygen atoms in total. The summed E-state index contributed by atoms with van der Waals surface area (Å²) in [6.07, 6.45) is 3.52. The van der Waals surface area contributed by atoms with Crippen molar-refractivity contribution in [1.82, 2.24) is 10.6 Å². The van der Waals surface area contributed by atoms with Crippen LogP contribution in [0.1, 0.15) is 46.5 Å². The van der Waals surface area contributed by atoms with Gasteiger partial charge in [0.25, 0.3) is 0 Å². The number of amides is 2. The number of urea groups is 1. The van der Waals surface area contributed by atoms with Crippen molar-refractivity contribution in [3.05, 3.63) is 0 Å². The minimum absolute atomic E-state index is 0.212. The summed E-state index contributed by atoms with van der Waals surface area (Å²) in [5, 5.41) is 15.1. The molecule has 3 atom stereocenters. The second-order valence-corrected chi connectivity index (χ2v) is 8.81. The summed E-state index contributed by atoms with van der Waals surface area (Å²) in [4.78, 5) is 11.6. The largest absolute Gasteiger partial charge is 0.393 e. The first-order valence-electron chi connectivity index (χ1n) is 7.37. The van der Waals surface area contributed by atoms with E-state index < -0.39 is 10.8 Å². The van der Waals surface area contributed by atoms with Crippen LogP contribution in [0.15, 0.2) is 0 Å². The molecule has 1 aliphatic carbocycles. The first kappa shape index (κ1) is 17.4. The van der Waals surface area contributed by atoms with Gasteiger partial charge in [-0.3, -0.25) is 4.21 Å². The van der Waals surface area contributed by atoms with E-state index in [4.69, 9.17) is 0 Å². The third kappa shape index (κ3) is 6.70. The average molecular weight is 304 g/mol. The molecule has 3 unspecified atom stereocenters. The Bertz CT molecular complexity index is 342. The van der Waals surface area contributed by atoms with Crippen molar-refractivity contribution >= 4 is 16.8 Å². The number of carbonyl (C=O) groups excluding carboxylic acids is 1. The predicted molar refractivity (Wildman–Crippen MR) is 82.1 cm³/mol. The predicted octanol–water partition coefficient (Wildman–Crippen LogP) is 1.38. The van der Waals surface area contributed by atoms with Crippen LogP contribution in [0.25, 0.3) is 0 Å². The molecule has 3 N–H and O–H groups in total. The molecule has 0 aliphatic heterocycles. The lowest BCUT2D eigenvalue weighted by Crippen LogP contribution is -2.41. The lowest BCUT2D eigenvalue weighted by molar-refractivity contribution is 0.101. The van der Waals surface area contributed by atoms with Gasteiger partial charge in [-0.05, 0) is 46.0 Å². The minimum atomic E-state index is -0.942. The molecule has 0 heterocycles. The Morgan fingerprint density at radius 3 is 2.60 bits per heavy atom. The maximum atomic E-state index is 11.8. The standard InChI is InChI=1S/C14H28N2O3S/c1-14(2,3)20(19)8-7-15-13(18)16-10-11-5-4-6-12(17)9-11/h11-12,17H,4-10H2,1-3H3,(H2,15,16,18). The molecule has 0 aromatic rings. The maximum absolute atomic E-state index is 11.8. The zero-order valence-corrected chi connectivity index (χ0v) is 13.6. The molecule has 0 spiro atoms. The van der Waals surface area contributed by atoms with Gasteiger partial charge in [-0.1, -0.05) is 6.42 Å². The quantitative estimate of drug-likeness (QED) is 0.718. The number of nitrogens with one attached hydrogen (secondary N) is 2. The van der Waals surface area contributed by atoms with E-state index in [1.807, 2.05) is 20.8 Å². The molecule has 0 aromatic carbocycles. The molecule has 0 saturated heterocycles. The molecule has 2 amide bonds. The lowest BCUT2D eigenvalue weighted by atomic mass is 9.87. The highest BCUT2D eigenvalue weighted by molar-refractivity contribution is 7.86. The van der Waals surface area contributed by atoms with E-state index >= 15 is 0 Å². The van der Waals surface area contributed by atoms with Crippen LogP contribution in [0.3, 0.4) is 0 Å². The summed E-state index contributed by atoms with van der Waals surface area (Å²) in [6, 6.07) is -0.212. The smallest absolute Gasteiger partial charge is 0.314 e. The Morgan fingerprint density at radius 2 is 2.00 bits per heavy atom. The molecule has 0 bridgehead atoms. The third-order valence-electron chi connectivity index (χ3n) is 3.56. The summed E-state index contributed by atoms with van der Waals surface area (Å²) in [7, 11) is -0.942. The summed E-state index contributed by atoms with van der Waals surface area (Å²) >= 11 is 0. The second kappa shape index (κ2) is 7.98. The van der Waals surface area contributed by atoms with Crippen LogP contribution >= 0.6 is 0 Å². The van der Waals surface area contributed by atoms with Gasteiger partial charge in [0.1, 0.15) is 0 Å². The van der Waals surface area contributed by atoms with Crippen LogP contribution in [0.4, 0.5) is 4.79 Å². The Balaban J connectivity index is 2.13. The maximum Gasteiger partial charge on any atom is 0.314 e. The number of rotatable bonds is 5. The van der Waals surface area contributed by atoms with Crippen molar-refractivity contribution < 1.29 is 14.1 Å². The Kier molecular flexibility index (Phi) is 6.95. The van der Waals surface area contributed by atoms with Gasteiger partial charge in [0.2, 0.25) is 0 Å². The van der Waals surface area contributed by atoms with E-state index in [-0.39, 0.29) is 16.9 Å². The van der Waals surface area contributed by atoms with Crippen LogP contribution < -0.4 is 10.6 Å². The molecule has 1 aliphatic rings. The number of hydrogen-bond donors (Lipinski definition) is 3. The van der Waals surface area contributed by atoms with E-state index in [9.17, 15) is 14.1 Å². The van der Waals surface area contributed by atoms with Gasteiger partial charge < -0.3 is 15.7 Å². The number of aliphatic hydroxyl groups excluding tert-OH is 1. The van der Waals surface area contributed by atoms with Gasteiger partial charge in [0.15, 0.2) is 0 Å². The SMILES string of the molecule is CC(C)(C)S(=O)CCNC(=O)NCC1CCCC(O)C1. The van der Waals surface area contributed by atoms with E-state index in [1.54, 1.807) is 0 Å². The minimum Gasteiger partial charge on any atom is -0.393 e. The Hall–Kier alpha value is -0.620. The fourth-order valence-corrected chi connectivity index (χ4v) is 3.21. The van der Waals surface area contributed by atoms with Gasteiger partial charge >= 0.3 is 6.03 Å². The summed E-state index contributed by atoms with van der Waals surface area (Å²) < 4.78 is 11.6. The van der Waals surface area contributed by atoms with Crippen molar-refractivity contribution in [1.29, 1.82) is 0 Å². The van der Waals surface area contributed by atoms with Crippen LogP contribution in [0.5, 0.6) is 0 Å². The number of hydrogen-bond acceptors (Lipinski definition) is 3. The van der Waals surface area contributed by atoms with Crippen molar-refractivity contribution in [2.24, 2.45) is 5.92 Å². The molecule has 0 aromatic heterocycles. The van der Waals surface area contributed by atoms with Crippen LogP contribution in [0.2, 0.25) is 0 Å². The monoisotopic (exact) mass is 304 g/mol. The van der Waals surface area contributed by atoms with Gasteiger partial charge in [-0.25, -0.2) is 4.79 Å². The third-order valence-corrected chi connectivity index (χ3v) is 5.50. The van der Waals surface area contributed by atoms with Crippen LogP contribution in [0, 0.1) is 5.92 Å². The zero-order chi connectivity index (χ0) is 15.2. The van der Waals surface area contributed by atoms with Gasteiger partial charge in [0.05, 0.1) is 6.10 Å². The van der Waals surface area contributed by atoms with Crippen LogP contribution in [-0.4, -0.2) is 45.0 Å².